The van der Waals surface area contributed by atoms with Gasteiger partial charge in [-0.3, -0.25) is 4.84 Å². The van der Waals surface area contributed by atoms with Crippen LogP contribution >= 0.6 is 0 Å². The smallest absolute Gasteiger partial charge is 0.511 e. The molecule has 1 atom stereocenters. The quantitative estimate of drug-likeness (QED) is 0.258. The van der Waals surface area contributed by atoms with E-state index in [1.165, 1.54) is 27.8 Å². The van der Waals surface area contributed by atoms with Gasteiger partial charge in [-0.15, -0.1) is 5.01 Å². The van der Waals surface area contributed by atoms with E-state index in [4.69, 9.17) is 14.6 Å². The fourth-order valence-corrected chi connectivity index (χ4v) is 0.945. The number of hydrogen-bond donors (Lipinski definition) is 1. The highest BCUT2D eigenvalue weighted by molar-refractivity contribution is 5.77. The highest BCUT2D eigenvalue weighted by Gasteiger charge is 2.38. The van der Waals surface area contributed by atoms with Crippen molar-refractivity contribution in [2.45, 2.75) is 59.0 Å². The van der Waals surface area contributed by atoms with Crippen LogP contribution in [0, 0.1) is 5.21 Å². The Kier molecular flexibility index (Phi) is 6.41. The summed E-state index contributed by atoms with van der Waals surface area (Å²) < 4.78 is 9.60. The van der Waals surface area contributed by atoms with Gasteiger partial charge in [0.25, 0.3) is 6.29 Å². The van der Waals surface area contributed by atoms with E-state index < -0.39 is 29.6 Å². The maximum absolute atomic E-state index is 11.6. The van der Waals surface area contributed by atoms with Gasteiger partial charge in [-0.25, -0.2) is 9.59 Å². The van der Waals surface area contributed by atoms with Crippen molar-refractivity contribution in [3.63, 3.8) is 0 Å². The number of nitrogens with zero attached hydrogens (tertiary/aromatic N) is 3. The molecule has 0 amide bonds. The van der Waals surface area contributed by atoms with Gasteiger partial charge in [0.1, 0.15) is 5.60 Å². The number of carboxylic acids is 1. The van der Waals surface area contributed by atoms with Crippen LogP contribution in [0.1, 0.15) is 41.5 Å². The molecule has 0 saturated carbocycles. The summed E-state index contributed by atoms with van der Waals surface area (Å²) in [5.41, 5.74) is -2.23. The Bertz CT molecular complexity index is 442. The lowest BCUT2D eigenvalue weighted by molar-refractivity contribution is -0.719. The zero-order valence-electron chi connectivity index (χ0n) is 13.8. The lowest BCUT2D eigenvalue weighted by Crippen LogP contribution is -2.51. The molecule has 22 heavy (non-hydrogen) atoms. The van der Waals surface area contributed by atoms with Crippen molar-refractivity contribution in [1.82, 2.24) is 5.01 Å². The molecule has 0 heterocycles. The monoisotopic (exact) mass is 321 g/mol. The standard InChI is InChI=1S/C12H23N3O7/c1-8(20-10(18)21-11(2,3)4)22-13-15(19)14(7)12(5,6)9(16)17/h8H,1-7H3,(H,16,17). The molecule has 0 aromatic carbocycles. The Balaban J connectivity index is 4.58. The number of hydrazine groups is 1. The molecule has 0 aromatic heterocycles. The minimum atomic E-state index is -1.50. The number of carbonyl (C=O) groups excluding carboxylic acids is 1. The lowest BCUT2D eigenvalue weighted by Gasteiger charge is -2.26. The third kappa shape index (κ3) is 6.46. The summed E-state index contributed by atoms with van der Waals surface area (Å²) in [6.45, 7) is 8.93. The summed E-state index contributed by atoms with van der Waals surface area (Å²) in [6, 6.07) is 0. The number of ether oxygens (including phenoxy) is 2. The number of aliphatic carboxylic acids is 1. The number of carboxylic acid groups (broad SMARTS) is 1. The fourth-order valence-electron chi connectivity index (χ4n) is 0.945. The van der Waals surface area contributed by atoms with Gasteiger partial charge in [0.2, 0.25) is 5.28 Å². The molecule has 0 radical (unpaired) electrons. The van der Waals surface area contributed by atoms with E-state index in [2.05, 4.69) is 10.1 Å². The van der Waals surface area contributed by atoms with E-state index in [9.17, 15) is 14.8 Å². The first-order chi connectivity index (χ1) is 9.77. The first-order valence-corrected chi connectivity index (χ1v) is 6.48. The summed E-state index contributed by atoms with van der Waals surface area (Å²) >= 11 is 0. The summed E-state index contributed by atoms with van der Waals surface area (Å²) in [4.78, 5) is 27.0. The summed E-state index contributed by atoms with van der Waals surface area (Å²) in [5.74, 6) is -1.22. The topological polar surface area (TPSA) is 124 Å². The van der Waals surface area contributed by atoms with E-state index >= 15 is 0 Å². The number of likely N-dealkylation sites (N-methyl/N-ethyl adjacent to an activating group) is 1. The van der Waals surface area contributed by atoms with Crippen LogP contribution in [0.25, 0.3) is 0 Å². The molecule has 0 aliphatic rings. The third-order valence-corrected chi connectivity index (χ3v) is 2.51. The molecule has 0 aromatic rings. The van der Waals surface area contributed by atoms with E-state index in [0.29, 0.717) is 0 Å². The van der Waals surface area contributed by atoms with E-state index in [-0.39, 0.29) is 4.97 Å². The molecular weight excluding hydrogens is 298 g/mol. The maximum atomic E-state index is 11.6. The van der Waals surface area contributed by atoms with Crippen molar-refractivity contribution in [1.29, 1.82) is 0 Å². The molecule has 0 spiro atoms. The molecule has 0 bridgehead atoms. The van der Waals surface area contributed by atoms with Crippen molar-refractivity contribution in [3.8, 4) is 0 Å². The normalized spacial score (nSPS) is 14.0. The minimum Gasteiger partial charge on any atom is -0.569 e. The zero-order chi connectivity index (χ0) is 17.7. The molecule has 0 fully saturated rings. The molecule has 10 nitrogen and oxygen atoms in total. The van der Waals surface area contributed by atoms with Crippen molar-refractivity contribution in [3.05, 3.63) is 5.21 Å². The second kappa shape index (κ2) is 7.14. The summed E-state index contributed by atoms with van der Waals surface area (Å²) in [7, 11) is 1.23. The Morgan fingerprint density at radius 2 is 1.77 bits per heavy atom. The van der Waals surface area contributed by atoms with Gasteiger partial charge < -0.3 is 19.8 Å². The van der Waals surface area contributed by atoms with Gasteiger partial charge >= 0.3 is 12.1 Å². The van der Waals surface area contributed by atoms with Gasteiger partial charge in [0.05, 0.1) is 12.0 Å². The van der Waals surface area contributed by atoms with E-state index in [1.54, 1.807) is 20.8 Å². The van der Waals surface area contributed by atoms with E-state index in [0.717, 1.165) is 5.01 Å². The van der Waals surface area contributed by atoms with Crippen molar-refractivity contribution in [2.75, 3.05) is 7.05 Å². The SMILES string of the molecule is CC(ON=[N+]([O-])N(C)C(C)(C)C(=O)O)OC(=O)OC(C)(C)C. The highest BCUT2D eigenvalue weighted by Crippen LogP contribution is 2.13. The number of rotatable bonds is 6. The molecular formula is C12H23N3O7. The van der Waals surface area contributed by atoms with Crippen molar-refractivity contribution >= 4 is 12.1 Å². The van der Waals surface area contributed by atoms with Crippen molar-refractivity contribution in [2.24, 2.45) is 5.28 Å². The van der Waals surface area contributed by atoms with Gasteiger partial charge in [-0.2, -0.15) is 0 Å². The van der Waals surface area contributed by atoms with Crippen LogP contribution in [0.15, 0.2) is 5.28 Å². The van der Waals surface area contributed by atoms with Crippen LogP contribution in [-0.2, 0) is 19.1 Å². The molecule has 1 N–H and O–H groups in total. The van der Waals surface area contributed by atoms with Crippen LogP contribution in [0.3, 0.4) is 0 Å². The Morgan fingerprint density at radius 3 is 2.18 bits per heavy atom. The van der Waals surface area contributed by atoms with Crippen LogP contribution in [0.4, 0.5) is 4.79 Å². The minimum absolute atomic E-state index is 0.0525. The first kappa shape index (κ1) is 19.7. The molecule has 0 aliphatic carbocycles. The molecule has 10 heteroatoms. The fraction of sp³-hybridized carbons (Fsp3) is 0.833. The maximum Gasteiger partial charge on any atom is 0.511 e. The molecule has 0 saturated heterocycles. The number of hydrogen-bond acceptors (Lipinski definition) is 7. The van der Waals surface area contributed by atoms with Gasteiger partial charge in [-0.1, -0.05) is 0 Å². The van der Waals surface area contributed by atoms with Gasteiger partial charge in [0, 0.05) is 6.92 Å². The Labute approximate surface area is 128 Å². The second-order valence-electron chi connectivity index (χ2n) is 5.98. The molecule has 128 valence electrons. The van der Waals surface area contributed by atoms with Crippen LogP contribution in [0.2, 0.25) is 0 Å². The predicted molar refractivity (Wildman–Crippen MR) is 73.4 cm³/mol. The largest absolute Gasteiger partial charge is 0.569 e. The Hall–Kier alpha value is -2.26. The average molecular weight is 321 g/mol. The Morgan fingerprint density at radius 1 is 1.27 bits per heavy atom. The lowest BCUT2D eigenvalue weighted by atomic mass is 10.1. The van der Waals surface area contributed by atoms with Crippen LogP contribution in [0.5, 0.6) is 0 Å². The molecule has 0 rings (SSSR count). The third-order valence-electron chi connectivity index (χ3n) is 2.51. The average Bonchev–Trinajstić information content (AvgIpc) is 2.32. The van der Waals surface area contributed by atoms with Crippen LogP contribution < -0.4 is 0 Å². The highest BCUT2D eigenvalue weighted by atomic mass is 16.8. The van der Waals surface area contributed by atoms with Crippen LogP contribution in [-0.4, -0.2) is 51.7 Å². The molecule has 0 aliphatic heterocycles. The summed E-state index contributed by atoms with van der Waals surface area (Å²) in [6.07, 6.45) is -2.17. The summed E-state index contributed by atoms with van der Waals surface area (Å²) in [5, 5.41) is 24.5. The number of carbonyl (C=O) groups is 2. The van der Waals surface area contributed by atoms with Gasteiger partial charge in [-0.05, 0) is 34.6 Å². The zero-order valence-corrected chi connectivity index (χ0v) is 13.8. The van der Waals surface area contributed by atoms with E-state index in [1.807, 2.05) is 0 Å². The van der Waals surface area contributed by atoms with Gasteiger partial charge in [0.15, 0.2) is 5.54 Å². The first-order valence-electron chi connectivity index (χ1n) is 6.48. The second-order valence-corrected chi connectivity index (χ2v) is 5.98. The molecule has 1 unspecified atom stereocenters. The predicted octanol–water partition coefficient (Wildman–Crippen LogP) is 1.89. The van der Waals surface area contributed by atoms with Crippen molar-refractivity contribution < 1.29 is 34.0 Å².